The molecule has 0 aliphatic rings. The van der Waals surface area contributed by atoms with Crippen LogP contribution in [0.2, 0.25) is 0 Å². The minimum Gasteiger partial charge on any atom is -0.338 e. The van der Waals surface area contributed by atoms with Gasteiger partial charge in [-0.3, -0.25) is 0 Å². The maximum atomic E-state index is 13.0. The van der Waals surface area contributed by atoms with Crippen LogP contribution in [0.5, 0.6) is 0 Å². The Morgan fingerprint density at radius 3 is 2.52 bits per heavy atom. The summed E-state index contributed by atoms with van der Waals surface area (Å²) in [6.45, 7) is 9.74. The predicted octanol–water partition coefficient (Wildman–Crippen LogP) is 3.28. The molecule has 0 spiro atoms. The molecule has 0 aliphatic carbocycles. The first-order chi connectivity index (χ1) is 9.89. The summed E-state index contributed by atoms with van der Waals surface area (Å²) in [5.41, 5.74) is 0.527. The predicted molar refractivity (Wildman–Crippen MR) is 79.4 cm³/mol. The molecule has 21 heavy (non-hydrogen) atoms. The first-order valence-electron chi connectivity index (χ1n) is 7.19. The Balaban J connectivity index is 2.10. The van der Waals surface area contributed by atoms with Gasteiger partial charge in [0.25, 0.3) is 0 Å². The van der Waals surface area contributed by atoms with Gasteiger partial charge in [-0.1, -0.05) is 31.1 Å². The van der Waals surface area contributed by atoms with E-state index in [0.717, 1.165) is 12.1 Å². The zero-order chi connectivity index (χ0) is 15.5. The third kappa shape index (κ3) is 3.88. The zero-order valence-corrected chi connectivity index (χ0v) is 13.0. The summed E-state index contributed by atoms with van der Waals surface area (Å²) in [6, 6.07) is 6.40. The average molecular weight is 291 g/mol. The lowest BCUT2D eigenvalue weighted by Crippen LogP contribution is -2.22. The molecule has 0 saturated carbocycles. The maximum absolute atomic E-state index is 13.0. The molecule has 1 aromatic carbocycles. The Morgan fingerprint density at radius 2 is 1.90 bits per heavy atom. The first kappa shape index (κ1) is 15.6. The lowest BCUT2D eigenvalue weighted by molar-refractivity contribution is 0.353. The van der Waals surface area contributed by atoms with E-state index in [2.05, 4.69) is 29.3 Å². The number of hydrogen-bond acceptors (Lipinski definition) is 4. The van der Waals surface area contributed by atoms with E-state index in [0.29, 0.717) is 24.2 Å². The lowest BCUT2D eigenvalue weighted by Gasteiger charge is -2.20. The molecule has 0 aliphatic heterocycles. The van der Waals surface area contributed by atoms with E-state index in [1.54, 1.807) is 12.1 Å². The van der Waals surface area contributed by atoms with E-state index >= 15 is 0 Å². The Hall–Kier alpha value is -1.75. The van der Waals surface area contributed by atoms with Gasteiger partial charge in [0.15, 0.2) is 5.82 Å². The van der Waals surface area contributed by atoms with Gasteiger partial charge in [-0.25, -0.2) is 4.39 Å². The average Bonchev–Trinajstić information content (AvgIpc) is 2.88. The van der Waals surface area contributed by atoms with Gasteiger partial charge in [0.05, 0.1) is 12.0 Å². The third-order valence-electron chi connectivity index (χ3n) is 3.42. The highest BCUT2D eigenvalue weighted by Crippen LogP contribution is 2.29. The van der Waals surface area contributed by atoms with Gasteiger partial charge in [-0.05, 0) is 44.0 Å². The normalized spacial score (nSPS) is 12.1. The highest BCUT2D eigenvalue weighted by molar-refractivity contribution is 5.30. The molecule has 1 aromatic heterocycles. The van der Waals surface area contributed by atoms with E-state index in [9.17, 15) is 4.39 Å². The van der Waals surface area contributed by atoms with Gasteiger partial charge in [0, 0.05) is 0 Å². The Bertz CT molecular complexity index is 575. The van der Waals surface area contributed by atoms with Crippen LogP contribution in [0.4, 0.5) is 4.39 Å². The van der Waals surface area contributed by atoms with Crippen LogP contribution in [0, 0.1) is 11.7 Å². The lowest BCUT2D eigenvalue weighted by atomic mass is 9.84. The molecule has 0 fully saturated rings. The van der Waals surface area contributed by atoms with Crippen molar-refractivity contribution in [3.63, 3.8) is 0 Å². The molecule has 0 unspecified atom stereocenters. The second kappa shape index (κ2) is 6.35. The molecule has 0 saturated heterocycles. The summed E-state index contributed by atoms with van der Waals surface area (Å²) in [4.78, 5) is 4.44. The fourth-order valence-electron chi connectivity index (χ4n) is 2.04. The Kier molecular flexibility index (Phi) is 4.73. The molecule has 0 bridgehead atoms. The largest absolute Gasteiger partial charge is 0.338 e. The highest BCUT2D eigenvalue weighted by atomic mass is 19.1. The molecule has 2 rings (SSSR count). The quantitative estimate of drug-likeness (QED) is 0.887. The molecule has 5 heteroatoms. The second-order valence-corrected chi connectivity index (χ2v) is 6.17. The van der Waals surface area contributed by atoms with E-state index in [4.69, 9.17) is 4.52 Å². The van der Waals surface area contributed by atoms with Gasteiger partial charge in [0.2, 0.25) is 5.89 Å². The van der Waals surface area contributed by atoms with Crippen LogP contribution < -0.4 is 5.32 Å². The van der Waals surface area contributed by atoms with E-state index in [1.165, 1.54) is 12.1 Å². The monoisotopic (exact) mass is 291 g/mol. The van der Waals surface area contributed by atoms with Crippen molar-refractivity contribution in [3.05, 3.63) is 47.4 Å². The van der Waals surface area contributed by atoms with E-state index in [1.807, 2.05) is 13.8 Å². The van der Waals surface area contributed by atoms with Crippen LogP contribution in [0.15, 0.2) is 28.8 Å². The fraction of sp³-hybridized carbons (Fsp3) is 0.500. The van der Waals surface area contributed by atoms with Gasteiger partial charge in [-0.2, -0.15) is 4.98 Å². The number of halogens is 1. The van der Waals surface area contributed by atoms with Crippen molar-refractivity contribution in [2.24, 2.45) is 5.92 Å². The zero-order valence-electron chi connectivity index (χ0n) is 13.0. The van der Waals surface area contributed by atoms with Crippen LogP contribution in [-0.4, -0.2) is 16.7 Å². The van der Waals surface area contributed by atoms with Gasteiger partial charge in [-0.15, -0.1) is 0 Å². The van der Waals surface area contributed by atoms with Crippen molar-refractivity contribution in [3.8, 4) is 0 Å². The van der Waals surface area contributed by atoms with Crippen molar-refractivity contribution >= 4 is 0 Å². The second-order valence-electron chi connectivity index (χ2n) is 6.17. The number of benzene rings is 1. The molecule has 114 valence electrons. The standard InChI is InChI=1S/C16H22FN3O/c1-11(2)9-18-10-14-19-15(20-21-14)16(3,4)12-5-7-13(17)8-6-12/h5-8,11,18H,9-10H2,1-4H3. The molecular weight excluding hydrogens is 269 g/mol. The van der Waals surface area contributed by atoms with Crippen LogP contribution >= 0.6 is 0 Å². The minimum absolute atomic E-state index is 0.249. The number of rotatable bonds is 6. The molecule has 4 nitrogen and oxygen atoms in total. The summed E-state index contributed by atoms with van der Waals surface area (Å²) in [5.74, 6) is 1.50. The summed E-state index contributed by atoms with van der Waals surface area (Å²) >= 11 is 0. The molecular formula is C16H22FN3O. The Labute approximate surface area is 124 Å². The van der Waals surface area contributed by atoms with E-state index in [-0.39, 0.29) is 5.82 Å². The molecule has 2 aromatic rings. The van der Waals surface area contributed by atoms with Crippen LogP contribution in [0.1, 0.15) is 45.0 Å². The number of nitrogens with one attached hydrogen (secondary N) is 1. The van der Waals surface area contributed by atoms with Crippen molar-refractivity contribution in [1.29, 1.82) is 0 Å². The third-order valence-corrected chi connectivity index (χ3v) is 3.42. The topological polar surface area (TPSA) is 51.0 Å². The summed E-state index contributed by atoms with van der Waals surface area (Å²) in [5, 5.41) is 7.33. The van der Waals surface area contributed by atoms with Gasteiger partial charge < -0.3 is 9.84 Å². The van der Waals surface area contributed by atoms with Crippen molar-refractivity contribution < 1.29 is 8.91 Å². The highest BCUT2D eigenvalue weighted by Gasteiger charge is 2.28. The molecule has 0 amide bonds. The smallest absolute Gasteiger partial charge is 0.240 e. The summed E-state index contributed by atoms with van der Waals surface area (Å²) in [7, 11) is 0. The first-order valence-corrected chi connectivity index (χ1v) is 7.19. The van der Waals surface area contributed by atoms with Crippen molar-refractivity contribution in [2.45, 2.75) is 39.7 Å². The van der Waals surface area contributed by atoms with E-state index < -0.39 is 5.41 Å². The van der Waals surface area contributed by atoms with Crippen LogP contribution in [-0.2, 0) is 12.0 Å². The van der Waals surface area contributed by atoms with Gasteiger partial charge >= 0.3 is 0 Å². The Morgan fingerprint density at radius 1 is 1.24 bits per heavy atom. The van der Waals surface area contributed by atoms with Crippen LogP contribution in [0.25, 0.3) is 0 Å². The fourth-order valence-corrected chi connectivity index (χ4v) is 2.04. The SMILES string of the molecule is CC(C)CNCc1nc(C(C)(C)c2ccc(F)cc2)no1. The molecule has 1 heterocycles. The van der Waals surface area contributed by atoms with Crippen LogP contribution in [0.3, 0.4) is 0 Å². The number of nitrogens with zero attached hydrogens (tertiary/aromatic N) is 2. The van der Waals surface area contributed by atoms with Gasteiger partial charge in [0.1, 0.15) is 5.82 Å². The minimum atomic E-state index is -0.423. The van der Waals surface area contributed by atoms with Crippen molar-refractivity contribution in [1.82, 2.24) is 15.5 Å². The summed E-state index contributed by atoms with van der Waals surface area (Å²) < 4.78 is 18.3. The summed E-state index contributed by atoms with van der Waals surface area (Å²) in [6.07, 6.45) is 0. The molecule has 1 N–H and O–H groups in total. The van der Waals surface area contributed by atoms with Crippen molar-refractivity contribution in [2.75, 3.05) is 6.54 Å². The number of aromatic nitrogens is 2. The maximum Gasteiger partial charge on any atom is 0.240 e. The number of hydrogen-bond donors (Lipinski definition) is 1. The molecule has 0 radical (unpaired) electrons. The molecule has 0 atom stereocenters.